The molecule has 1 unspecified atom stereocenters. The van der Waals surface area contributed by atoms with E-state index in [1.807, 2.05) is 24.3 Å². The molecule has 0 radical (unpaired) electrons. The minimum Gasteiger partial charge on any atom is -0.309 e. The van der Waals surface area contributed by atoms with Gasteiger partial charge in [0, 0.05) is 21.3 Å². The molecule has 2 rings (SSSR count). The Labute approximate surface area is 127 Å². The number of hydrogen-bond acceptors (Lipinski definition) is 4. The van der Waals surface area contributed by atoms with Gasteiger partial charge >= 0.3 is 0 Å². The Bertz CT molecular complexity index is 510. The number of halogens is 1. The summed E-state index contributed by atoms with van der Waals surface area (Å²) in [6.07, 6.45) is 0. The average molecular weight is 313 g/mol. The van der Waals surface area contributed by atoms with Crippen LogP contribution in [0.15, 0.2) is 34.5 Å². The SMILES string of the molecule is CCNC(C)c1csc(CSc2ccc(Cl)cc2)n1. The highest BCUT2D eigenvalue weighted by Gasteiger charge is 2.08. The van der Waals surface area contributed by atoms with Gasteiger partial charge in [0.1, 0.15) is 5.01 Å². The lowest BCUT2D eigenvalue weighted by molar-refractivity contribution is 0.585. The van der Waals surface area contributed by atoms with Crippen LogP contribution in [0.2, 0.25) is 5.02 Å². The summed E-state index contributed by atoms with van der Waals surface area (Å²) in [5, 5.41) is 7.47. The zero-order valence-corrected chi connectivity index (χ0v) is 13.4. The largest absolute Gasteiger partial charge is 0.309 e. The fraction of sp³-hybridized carbons (Fsp3) is 0.357. The lowest BCUT2D eigenvalue weighted by Crippen LogP contribution is -2.17. The van der Waals surface area contributed by atoms with Gasteiger partial charge in [-0.15, -0.1) is 23.1 Å². The van der Waals surface area contributed by atoms with Crippen molar-refractivity contribution in [2.24, 2.45) is 0 Å². The van der Waals surface area contributed by atoms with Gasteiger partial charge in [0.25, 0.3) is 0 Å². The first-order chi connectivity index (χ1) is 9.19. The number of rotatable bonds is 6. The summed E-state index contributed by atoms with van der Waals surface area (Å²) in [7, 11) is 0. The highest BCUT2D eigenvalue weighted by atomic mass is 35.5. The Balaban J connectivity index is 1.91. The van der Waals surface area contributed by atoms with E-state index in [0.717, 1.165) is 23.0 Å². The monoisotopic (exact) mass is 312 g/mol. The molecule has 1 heterocycles. The van der Waals surface area contributed by atoms with E-state index in [1.54, 1.807) is 23.1 Å². The average Bonchev–Trinajstić information content (AvgIpc) is 2.87. The van der Waals surface area contributed by atoms with Crippen LogP contribution in [0.1, 0.15) is 30.6 Å². The van der Waals surface area contributed by atoms with Crippen LogP contribution in [0.25, 0.3) is 0 Å². The van der Waals surface area contributed by atoms with Gasteiger partial charge in [0.15, 0.2) is 0 Å². The Morgan fingerprint density at radius 2 is 2.11 bits per heavy atom. The third kappa shape index (κ3) is 4.49. The van der Waals surface area contributed by atoms with Crippen molar-refractivity contribution in [2.45, 2.75) is 30.5 Å². The van der Waals surface area contributed by atoms with Crippen LogP contribution < -0.4 is 5.32 Å². The van der Waals surface area contributed by atoms with Crippen LogP contribution >= 0.6 is 34.7 Å². The van der Waals surface area contributed by atoms with Gasteiger partial charge in [-0.2, -0.15) is 0 Å². The molecule has 0 spiro atoms. The first kappa shape index (κ1) is 14.9. The van der Waals surface area contributed by atoms with E-state index in [2.05, 4.69) is 29.5 Å². The predicted molar refractivity (Wildman–Crippen MR) is 85.2 cm³/mol. The number of nitrogens with one attached hydrogen (secondary N) is 1. The number of nitrogens with zero attached hydrogens (tertiary/aromatic N) is 1. The fourth-order valence-electron chi connectivity index (χ4n) is 1.68. The van der Waals surface area contributed by atoms with Crippen LogP contribution in [-0.2, 0) is 5.75 Å². The molecular formula is C14H17ClN2S2. The van der Waals surface area contributed by atoms with Crippen LogP contribution in [0.3, 0.4) is 0 Å². The molecule has 0 saturated heterocycles. The molecule has 0 bridgehead atoms. The van der Waals surface area contributed by atoms with E-state index in [9.17, 15) is 0 Å². The van der Waals surface area contributed by atoms with Crippen molar-refractivity contribution in [1.29, 1.82) is 0 Å². The third-order valence-corrected chi connectivity index (χ3v) is 5.02. The molecule has 1 N–H and O–H groups in total. The van der Waals surface area contributed by atoms with Gasteiger partial charge < -0.3 is 5.32 Å². The van der Waals surface area contributed by atoms with Crippen LogP contribution in [0.4, 0.5) is 0 Å². The van der Waals surface area contributed by atoms with Crippen LogP contribution in [0.5, 0.6) is 0 Å². The molecule has 0 aliphatic rings. The van der Waals surface area contributed by atoms with Crippen molar-refractivity contribution in [3.63, 3.8) is 0 Å². The lowest BCUT2D eigenvalue weighted by Gasteiger charge is -2.08. The lowest BCUT2D eigenvalue weighted by atomic mass is 10.2. The zero-order valence-electron chi connectivity index (χ0n) is 11.0. The molecule has 102 valence electrons. The molecular weight excluding hydrogens is 296 g/mol. The molecule has 0 fully saturated rings. The maximum atomic E-state index is 5.87. The molecule has 2 aromatic rings. The molecule has 0 aliphatic carbocycles. The molecule has 5 heteroatoms. The summed E-state index contributed by atoms with van der Waals surface area (Å²) in [5.41, 5.74) is 1.14. The topological polar surface area (TPSA) is 24.9 Å². The van der Waals surface area contributed by atoms with E-state index in [1.165, 1.54) is 9.90 Å². The molecule has 1 aromatic carbocycles. The number of aromatic nitrogens is 1. The van der Waals surface area contributed by atoms with Gasteiger partial charge in [-0.3, -0.25) is 0 Å². The summed E-state index contributed by atoms with van der Waals surface area (Å²) in [4.78, 5) is 5.89. The highest BCUT2D eigenvalue weighted by molar-refractivity contribution is 7.98. The van der Waals surface area contributed by atoms with Crippen molar-refractivity contribution >= 4 is 34.7 Å². The summed E-state index contributed by atoms with van der Waals surface area (Å²) in [6, 6.07) is 8.26. The number of thiazole rings is 1. The Morgan fingerprint density at radius 1 is 1.37 bits per heavy atom. The number of benzene rings is 1. The molecule has 1 atom stereocenters. The van der Waals surface area contributed by atoms with E-state index >= 15 is 0 Å². The minimum atomic E-state index is 0.329. The highest BCUT2D eigenvalue weighted by Crippen LogP contribution is 2.26. The maximum absolute atomic E-state index is 5.87. The summed E-state index contributed by atoms with van der Waals surface area (Å²) < 4.78 is 0. The second kappa shape index (κ2) is 7.29. The molecule has 0 amide bonds. The van der Waals surface area contributed by atoms with Crippen LogP contribution in [-0.4, -0.2) is 11.5 Å². The van der Waals surface area contributed by atoms with Crippen LogP contribution in [0, 0.1) is 0 Å². The molecule has 19 heavy (non-hydrogen) atoms. The normalized spacial score (nSPS) is 12.6. The van der Waals surface area contributed by atoms with E-state index in [-0.39, 0.29) is 0 Å². The summed E-state index contributed by atoms with van der Waals surface area (Å²) in [5.74, 6) is 0.908. The number of hydrogen-bond donors (Lipinski definition) is 1. The Kier molecular flexibility index (Phi) is 5.70. The Morgan fingerprint density at radius 3 is 2.79 bits per heavy atom. The predicted octanol–water partition coefficient (Wildman–Crippen LogP) is 4.76. The minimum absolute atomic E-state index is 0.329. The second-order valence-electron chi connectivity index (χ2n) is 4.19. The first-order valence-corrected chi connectivity index (χ1v) is 8.49. The van der Waals surface area contributed by atoms with Crippen molar-refractivity contribution in [2.75, 3.05) is 6.54 Å². The van der Waals surface area contributed by atoms with Gasteiger partial charge in [0.2, 0.25) is 0 Å². The van der Waals surface area contributed by atoms with E-state index < -0.39 is 0 Å². The van der Waals surface area contributed by atoms with Crippen molar-refractivity contribution < 1.29 is 0 Å². The standard InChI is InChI=1S/C14H17ClN2S2/c1-3-16-10(2)13-8-19-14(17-13)9-18-12-6-4-11(15)5-7-12/h4-8,10,16H,3,9H2,1-2H3. The second-order valence-corrected chi connectivity index (χ2v) is 6.62. The first-order valence-electron chi connectivity index (χ1n) is 6.25. The number of thioether (sulfide) groups is 1. The molecule has 1 aromatic heterocycles. The maximum Gasteiger partial charge on any atom is 0.103 e. The van der Waals surface area contributed by atoms with Crippen molar-refractivity contribution in [3.05, 3.63) is 45.4 Å². The molecule has 2 nitrogen and oxygen atoms in total. The summed E-state index contributed by atoms with van der Waals surface area (Å²) in [6.45, 7) is 5.22. The smallest absolute Gasteiger partial charge is 0.103 e. The quantitative estimate of drug-likeness (QED) is 0.778. The molecule has 0 aliphatic heterocycles. The van der Waals surface area contributed by atoms with Gasteiger partial charge in [-0.05, 0) is 37.7 Å². The summed E-state index contributed by atoms with van der Waals surface area (Å²) >= 11 is 9.39. The van der Waals surface area contributed by atoms with Crippen molar-refractivity contribution in [3.8, 4) is 0 Å². The molecule has 0 saturated carbocycles. The van der Waals surface area contributed by atoms with Gasteiger partial charge in [-0.1, -0.05) is 18.5 Å². The van der Waals surface area contributed by atoms with E-state index in [4.69, 9.17) is 11.6 Å². The zero-order chi connectivity index (χ0) is 13.7. The third-order valence-electron chi connectivity index (χ3n) is 2.70. The Hall–Kier alpha value is -0.550. The van der Waals surface area contributed by atoms with Gasteiger partial charge in [-0.25, -0.2) is 4.98 Å². The van der Waals surface area contributed by atoms with Gasteiger partial charge in [0.05, 0.1) is 11.4 Å². The fourth-order valence-corrected chi connectivity index (χ4v) is 3.61. The van der Waals surface area contributed by atoms with Crippen molar-refractivity contribution in [1.82, 2.24) is 10.3 Å². The van der Waals surface area contributed by atoms with E-state index in [0.29, 0.717) is 6.04 Å².